The highest BCUT2D eigenvalue weighted by atomic mass is 35.5. The molecule has 1 atom stereocenters. The molecule has 0 aliphatic carbocycles. The lowest BCUT2D eigenvalue weighted by atomic mass is 9.98. The lowest BCUT2D eigenvalue weighted by molar-refractivity contribution is 0.0215. The Morgan fingerprint density at radius 3 is 2.65 bits per heavy atom. The maximum absolute atomic E-state index is 13.0. The first-order valence-corrected chi connectivity index (χ1v) is 8.15. The van der Waals surface area contributed by atoms with Crippen LogP contribution in [0.4, 0.5) is 4.39 Å². The van der Waals surface area contributed by atoms with Crippen LogP contribution >= 0.6 is 11.6 Å². The molecule has 1 fully saturated rings. The van der Waals surface area contributed by atoms with Gasteiger partial charge in [0.15, 0.2) is 0 Å². The minimum absolute atomic E-state index is 0.128. The van der Waals surface area contributed by atoms with Gasteiger partial charge in [0.1, 0.15) is 10.7 Å². The average Bonchev–Trinajstić information content (AvgIpc) is 2.77. The van der Waals surface area contributed by atoms with E-state index in [0.29, 0.717) is 19.4 Å². The average molecular weight is 322 g/mol. The molecule has 1 aromatic rings. The van der Waals surface area contributed by atoms with E-state index in [2.05, 4.69) is 0 Å². The minimum atomic E-state index is -3.84. The van der Waals surface area contributed by atoms with Crippen LogP contribution in [-0.4, -0.2) is 36.0 Å². The predicted molar refractivity (Wildman–Crippen MR) is 74.6 cm³/mol. The summed E-state index contributed by atoms with van der Waals surface area (Å²) in [5.74, 6) is -0.589. The van der Waals surface area contributed by atoms with Crippen molar-refractivity contribution in [1.82, 2.24) is 4.31 Å². The van der Waals surface area contributed by atoms with Gasteiger partial charge in [-0.3, -0.25) is 0 Å². The Kier molecular flexibility index (Phi) is 4.12. The molecule has 112 valence electrons. The fraction of sp³-hybridized carbons (Fsp3) is 0.538. The fourth-order valence-electron chi connectivity index (χ4n) is 2.54. The normalized spacial score (nSPS) is 21.4. The Morgan fingerprint density at radius 1 is 1.45 bits per heavy atom. The second kappa shape index (κ2) is 5.26. The first-order valence-electron chi connectivity index (χ1n) is 6.33. The van der Waals surface area contributed by atoms with Gasteiger partial charge in [-0.15, -0.1) is 0 Å². The molecule has 1 unspecified atom stereocenters. The fourth-order valence-corrected chi connectivity index (χ4v) is 4.87. The number of benzene rings is 1. The number of hydrogen-bond donors (Lipinski definition) is 1. The maximum atomic E-state index is 13.0. The van der Waals surface area contributed by atoms with Crippen LogP contribution in [0.15, 0.2) is 23.1 Å². The van der Waals surface area contributed by atoms with Gasteiger partial charge in [0.25, 0.3) is 0 Å². The lowest BCUT2D eigenvalue weighted by Gasteiger charge is -2.33. The second-order valence-corrected chi connectivity index (χ2v) is 7.77. The van der Waals surface area contributed by atoms with Crippen molar-refractivity contribution in [2.45, 2.75) is 43.2 Å². The monoisotopic (exact) mass is 321 g/mol. The minimum Gasteiger partial charge on any atom is -0.389 e. The summed E-state index contributed by atoms with van der Waals surface area (Å²) in [4.78, 5) is -0.128. The van der Waals surface area contributed by atoms with Crippen LogP contribution in [0, 0.1) is 5.82 Å². The smallest absolute Gasteiger partial charge is 0.244 e. The summed E-state index contributed by atoms with van der Waals surface area (Å²) < 4.78 is 39.6. The molecule has 7 heteroatoms. The van der Waals surface area contributed by atoms with Gasteiger partial charge in [0.05, 0.1) is 16.7 Å². The molecule has 0 saturated carbocycles. The number of aliphatic hydroxyl groups is 1. The second-order valence-electron chi connectivity index (χ2n) is 5.50. The van der Waals surface area contributed by atoms with Crippen molar-refractivity contribution >= 4 is 21.6 Å². The molecule has 1 aliphatic rings. The lowest BCUT2D eigenvalue weighted by Crippen LogP contribution is -2.48. The van der Waals surface area contributed by atoms with Crippen LogP contribution in [0.1, 0.15) is 26.7 Å². The van der Waals surface area contributed by atoms with Crippen LogP contribution in [0.25, 0.3) is 0 Å². The third-order valence-corrected chi connectivity index (χ3v) is 5.89. The number of sulfonamides is 1. The first kappa shape index (κ1) is 15.7. The SMILES string of the molecule is CC(C)(O)C1CCCN1S(=O)(=O)c1ccc(F)cc1Cl. The molecule has 20 heavy (non-hydrogen) atoms. The number of nitrogens with zero attached hydrogens (tertiary/aromatic N) is 1. The zero-order valence-electron chi connectivity index (χ0n) is 11.3. The van der Waals surface area contributed by atoms with Crippen molar-refractivity contribution in [3.05, 3.63) is 29.0 Å². The Labute approximate surface area is 123 Å². The quantitative estimate of drug-likeness (QED) is 0.930. The van der Waals surface area contributed by atoms with Gasteiger partial charge in [-0.25, -0.2) is 12.8 Å². The molecule has 0 spiro atoms. The van der Waals surface area contributed by atoms with E-state index < -0.39 is 27.5 Å². The van der Waals surface area contributed by atoms with Crippen molar-refractivity contribution < 1.29 is 17.9 Å². The standard InChI is InChI=1S/C13H17ClFNO3S/c1-13(2,17)12-4-3-7-16(12)20(18,19)11-6-5-9(15)8-10(11)14/h5-6,8,12,17H,3-4,7H2,1-2H3. The van der Waals surface area contributed by atoms with E-state index in [4.69, 9.17) is 11.6 Å². The summed E-state index contributed by atoms with van der Waals surface area (Å²) in [5.41, 5.74) is -1.14. The predicted octanol–water partition coefficient (Wildman–Crippen LogP) is 2.40. The van der Waals surface area contributed by atoms with E-state index in [1.54, 1.807) is 13.8 Å². The van der Waals surface area contributed by atoms with Crippen LogP contribution in [-0.2, 0) is 10.0 Å². The topological polar surface area (TPSA) is 57.6 Å². The molecule has 2 rings (SSSR count). The van der Waals surface area contributed by atoms with Gasteiger partial charge in [0, 0.05) is 6.54 Å². The van der Waals surface area contributed by atoms with Crippen LogP contribution in [0.3, 0.4) is 0 Å². The highest BCUT2D eigenvalue weighted by molar-refractivity contribution is 7.89. The largest absolute Gasteiger partial charge is 0.389 e. The summed E-state index contributed by atoms with van der Waals surface area (Å²) in [6.07, 6.45) is 1.26. The third kappa shape index (κ3) is 2.83. The van der Waals surface area contributed by atoms with Gasteiger partial charge >= 0.3 is 0 Å². The van der Waals surface area contributed by atoms with Crippen LogP contribution in [0.5, 0.6) is 0 Å². The molecule has 1 N–H and O–H groups in total. The first-order chi connectivity index (χ1) is 9.14. The molecule has 1 aromatic carbocycles. The Morgan fingerprint density at radius 2 is 2.10 bits per heavy atom. The maximum Gasteiger partial charge on any atom is 0.244 e. The third-order valence-electron chi connectivity index (χ3n) is 3.50. The Balaban J connectivity index is 2.44. The molecule has 1 heterocycles. The van der Waals surface area contributed by atoms with Crippen molar-refractivity contribution in [3.8, 4) is 0 Å². The van der Waals surface area contributed by atoms with Crippen molar-refractivity contribution in [2.24, 2.45) is 0 Å². The number of halogens is 2. The van der Waals surface area contributed by atoms with E-state index in [1.165, 1.54) is 4.31 Å². The van der Waals surface area contributed by atoms with Gasteiger partial charge in [-0.05, 0) is 44.9 Å². The van der Waals surface area contributed by atoms with Crippen LogP contribution in [0.2, 0.25) is 5.02 Å². The summed E-state index contributed by atoms with van der Waals surface area (Å²) in [5, 5.41) is 9.97. The van der Waals surface area contributed by atoms with Crippen molar-refractivity contribution in [2.75, 3.05) is 6.54 Å². The highest BCUT2D eigenvalue weighted by Gasteiger charge is 2.43. The van der Waals surface area contributed by atoms with Gasteiger partial charge in [0.2, 0.25) is 10.0 Å². The van der Waals surface area contributed by atoms with Crippen molar-refractivity contribution in [1.29, 1.82) is 0 Å². The zero-order chi connectivity index (χ0) is 15.1. The van der Waals surface area contributed by atoms with E-state index in [-0.39, 0.29) is 9.92 Å². The summed E-state index contributed by atoms with van der Waals surface area (Å²) in [7, 11) is -3.84. The highest BCUT2D eigenvalue weighted by Crippen LogP contribution is 2.34. The van der Waals surface area contributed by atoms with Gasteiger partial charge < -0.3 is 5.11 Å². The van der Waals surface area contributed by atoms with E-state index in [9.17, 15) is 17.9 Å². The Hall–Kier alpha value is -0.690. The molecular weight excluding hydrogens is 305 g/mol. The van der Waals surface area contributed by atoms with E-state index in [0.717, 1.165) is 18.2 Å². The molecule has 0 bridgehead atoms. The zero-order valence-corrected chi connectivity index (χ0v) is 12.9. The van der Waals surface area contributed by atoms with Crippen LogP contribution < -0.4 is 0 Å². The van der Waals surface area contributed by atoms with E-state index >= 15 is 0 Å². The Bertz CT molecular complexity index is 613. The molecular formula is C13H17ClFNO3S. The summed E-state index contributed by atoms with van der Waals surface area (Å²) >= 11 is 5.85. The molecule has 1 saturated heterocycles. The number of hydrogen-bond acceptors (Lipinski definition) is 3. The molecule has 0 radical (unpaired) electrons. The molecule has 0 amide bonds. The van der Waals surface area contributed by atoms with Gasteiger partial charge in [-0.2, -0.15) is 4.31 Å². The number of rotatable bonds is 3. The molecule has 1 aliphatic heterocycles. The van der Waals surface area contributed by atoms with Crippen molar-refractivity contribution in [3.63, 3.8) is 0 Å². The molecule has 4 nitrogen and oxygen atoms in total. The van der Waals surface area contributed by atoms with Gasteiger partial charge in [-0.1, -0.05) is 11.6 Å². The molecule has 0 aromatic heterocycles. The summed E-state index contributed by atoms with van der Waals surface area (Å²) in [6.45, 7) is 3.49. The summed E-state index contributed by atoms with van der Waals surface area (Å²) in [6, 6.07) is 2.69. The van der Waals surface area contributed by atoms with E-state index in [1.807, 2.05) is 0 Å².